The van der Waals surface area contributed by atoms with Crippen LogP contribution in [0, 0.1) is 10.1 Å². The number of carbonyl (C=O) groups is 1. The van der Waals surface area contributed by atoms with Crippen LogP contribution in [0.3, 0.4) is 0 Å². The Labute approximate surface area is 92.2 Å². The first kappa shape index (κ1) is 11.8. The van der Waals surface area contributed by atoms with Crippen molar-refractivity contribution in [3.63, 3.8) is 0 Å². The van der Waals surface area contributed by atoms with Crippen LogP contribution in [0.2, 0.25) is 0 Å². The smallest absolute Gasteiger partial charge is 0.265 e. The second-order valence-electron chi connectivity index (χ2n) is 2.98. The van der Waals surface area contributed by atoms with E-state index in [1.807, 2.05) is 0 Å². The van der Waals surface area contributed by atoms with Gasteiger partial charge in [-0.1, -0.05) is 6.08 Å². The lowest BCUT2D eigenvalue weighted by molar-refractivity contribution is -0.465. The van der Waals surface area contributed by atoms with Crippen LogP contribution >= 0.6 is 0 Å². The van der Waals surface area contributed by atoms with Crippen molar-refractivity contribution in [1.29, 1.82) is 0 Å². The molecule has 0 saturated carbocycles. The molecule has 0 amide bonds. The highest BCUT2D eigenvalue weighted by atomic mass is 16.6. The van der Waals surface area contributed by atoms with Gasteiger partial charge in [-0.3, -0.25) is 14.9 Å². The van der Waals surface area contributed by atoms with Crippen molar-refractivity contribution in [2.24, 2.45) is 0 Å². The van der Waals surface area contributed by atoms with Crippen molar-refractivity contribution in [3.8, 4) is 0 Å². The average molecular weight is 221 g/mol. The normalized spacial score (nSPS) is 9.50. The van der Waals surface area contributed by atoms with Gasteiger partial charge < -0.3 is 5.32 Å². The lowest BCUT2D eigenvalue weighted by Gasteiger charge is -2.06. The second kappa shape index (κ2) is 5.59. The number of ketones is 1. The molecule has 0 spiro atoms. The monoisotopic (exact) mass is 221 g/mol. The van der Waals surface area contributed by atoms with Crippen molar-refractivity contribution < 1.29 is 9.72 Å². The van der Waals surface area contributed by atoms with Gasteiger partial charge in [0.05, 0.1) is 5.56 Å². The zero-order chi connectivity index (χ0) is 12.0. The maximum atomic E-state index is 11.5. The number of hydrogen-bond donors (Lipinski definition) is 1. The van der Waals surface area contributed by atoms with Gasteiger partial charge in [-0.05, 0) is 12.1 Å². The number of carbonyl (C=O) groups excluding carboxylic acids is 1. The van der Waals surface area contributed by atoms with Crippen molar-refractivity contribution >= 4 is 11.6 Å². The number of nitrogens with zero attached hydrogens (tertiary/aromatic N) is 2. The van der Waals surface area contributed by atoms with Gasteiger partial charge in [0.1, 0.15) is 5.82 Å². The van der Waals surface area contributed by atoms with E-state index in [0.717, 1.165) is 0 Å². The number of aromatic nitrogens is 1. The Morgan fingerprint density at radius 1 is 1.69 bits per heavy atom. The molecule has 1 aromatic rings. The predicted molar refractivity (Wildman–Crippen MR) is 59.1 cm³/mol. The molecule has 6 nitrogen and oxygen atoms in total. The van der Waals surface area contributed by atoms with E-state index in [-0.39, 0.29) is 5.56 Å². The number of hydrogen-bond acceptors (Lipinski definition) is 5. The summed E-state index contributed by atoms with van der Waals surface area (Å²) in [6.45, 7) is 3.23. The number of nitrogens with one attached hydrogen (secondary N) is 1. The summed E-state index contributed by atoms with van der Waals surface area (Å²) in [7, 11) is 0. The van der Waals surface area contributed by atoms with E-state index in [1.54, 1.807) is 12.1 Å². The summed E-state index contributed by atoms with van der Waals surface area (Å²) in [5.41, 5.74) is 0.223. The predicted octanol–water partition coefficient (Wildman–Crippen LogP) is 1.14. The molecule has 1 N–H and O–H groups in total. The Hall–Kier alpha value is -2.24. The molecule has 1 rings (SSSR count). The van der Waals surface area contributed by atoms with E-state index in [2.05, 4.69) is 16.9 Å². The number of Topliss-reactive ketones (excluding diaryl/α,β-unsaturated/α-hetero) is 1. The van der Waals surface area contributed by atoms with E-state index >= 15 is 0 Å². The van der Waals surface area contributed by atoms with Crippen molar-refractivity contribution in [2.75, 3.05) is 18.4 Å². The van der Waals surface area contributed by atoms with E-state index in [9.17, 15) is 14.9 Å². The lowest BCUT2D eigenvalue weighted by atomic mass is 10.1. The molecule has 0 atom stereocenters. The van der Waals surface area contributed by atoms with Gasteiger partial charge >= 0.3 is 0 Å². The fourth-order valence-electron chi connectivity index (χ4n) is 1.14. The summed E-state index contributed by atoms with van der Waals surface area (Å²) in [5.74, 6) is -0.223. The Bertz CT molecular complexity index is 418. The quantitative estimate of drug-likeness (QED) is 0.337. The molecule has 6 heteroatoms. The van der Waals surface area contributed by atoms with E-state index in [4.69, 9.17) is 0 Å². The largest absolute Gasteiger partial charge is 0.366 e. The minimum absolute atomic E-state index is 0.223. The number of nitro groups is 1. The fourth-order valence-corrected chi connectivity index (χ4v) is 1.14. The highest BCUT2D eigenvalue weighted by molar-refractivity contribution is 6.01. The second-order valence-corrected chi connectivity index (χ2v) is 2.98. The SMILES string of the molecule is C=CCNc1ncccc1C(=O)C[N+](=O)[O-]. The minimum atomic E-state index is -0.728. The van der Waals surface area contributed by atoms with Crippen LogP contribution in [0.4, 0.5) is 5.82 Å². The van der Waals surface area contributed by atoms with Crippen LogP contribution in [0.1, 0.15) is 10.4 Å². The van der Waals surface area contributed by atoms with E-state index in [1.165, 1.54) is 12.3 Å². The summed E-state index contributed by atoms with van der Waals surface area (Å²) in [4.78, 5) is 25.0. The van der Waals surface area contributed by atoms with Crippen molar-refractivity contribution in [3.05, 3.63) is 46.7 Å². The molecule has 0 aromatic carbocycles. The Kier molecular flexibility index (Phi) is 4.14. The van der Waals surface area contributed by atoms with Gasteiger partial charge in [0, 0.05) is 17.7 Å². The molecule has 0 aliphatic carbocycles. The molecular weight excluding hydrogens is 210 g/mol. The third kappa shape index (κ3) is 3.16. The molecule has 84 valence electrons. The summed E-state index contributed by atoms with van der Waals surface area (Å²) in [5, 5.41) is 13.1. The molecule has 0 radical (unpaired) electrons. The highest BCUT2D eigenvalue weighted by Crippen LogP contribution is 2.11. The van der Waals surface area contributed by atoms with Crippen molar-refractivity contribution in [1.82, 2.24) is 4.98 Å². The van der Waals surface area contributed by atoms with Crippen LogP contribution in [-0.4, -0.2) is 28.8 Å². The van der Waals surface area contributed by atoms with Gasteiger partial charge in [0.25, 0.3) is 6.54 Å². The van der Waals surface area contributed by atoms with Crippen LogP contribution in [-0.2, 0) is 0 Å². The molecule has 16 heavy (non-hydrogen) atoms. The summed E-state index contributed by atoms with van der Waals surface area (Å²) in [6.07, 6.45) is 3.12. The van der Waals surface area contributed by atoms with Crippen molar-refractivity contribution in [2.45, 2.75) is 0 Å². The zero-order valence-corrected chi connectivity index (χ0v) is 8.55. The Morgan fingerprint density at radius 3 is 3.06 bits per heavy atom. The van der Waals surface area contributed by atoms with E-state index in [0.29, 0.717) is 12.4 Å². The summed E-state index contributed by atoms with van der Waals surface area (Å²) >= 11 is 0. The van der Waals surface area contributed by atoms with Gasteiger partial charge in [0.2, 0.25) is 5.78 Å². The van der Waals surface area contributed by atoms with Crippen LogP contribution in [0.15, 0.2) is 31.0 Å². The van der Waals surface area contributed by atoms with Crippen LogP contribution in [0.25, 0.3) is 0 Å². The molecule has 0 saturated heterocycles. The molecule has 0 aliphatic rings. The Balaban J connectivity index is 2.89. The number of anilines is 1. The van der Waals surface area contributed by atoms with Gasteiger partial charge in [-0.2, -0.15) is 0 Å². The lowest BCUT2D eigenvalue weighted by Crippen LogP contribution is -2.16. The first-order chi connectivity index (χ1) is 7.65. The molecule has 0 unspecified atom stereocenters. The first-order valence-corrected chi connectivity index (χ1v) is 4.60. The molecule has 1 heterocycles. The minimum Gasteiger partial charge on any atom is -0.366 e. The number of rotatable bonds is 6. The maximum Gasteiger partial charge on any atom is 0.265 e. The third-order valence-electron chi connectivity index (χ3n) is 1.79. The number of pyridine rings is 1. The Morgan fingerprint density at radius 2 is 2.44 bits per heavy atom. The third-order valence-corrected chi connectivity index (χ3v) is 1.79. The standard InChI is InChI=1S/C10H11N3O3/c1-2-5-11-10-8(4-3-6-12-10)9(14)7-13(15)16/h2-4,6H,1,5,7H2,(H,11,12). The van der Waals surface area contributed by atoms with E-state index < -0.39 is 17.3 Å². The van der Waals surface area contributed by atoms with Gasteiger partial charge in [0.15, 0.2) is 0 Å². The maximum absolute atomic E-state index is 11.5. The van der Waals surface area contributed by atoms with Gasteiger partial charge in [-0.25, -0.2) is 4.98 Å². The van der Waals surface area contributed by atoms with Crippen LogP contribution in [0.5, 0.6) is 0 Å². The molecule has 1 aromatic heterocycles. The van der Waals surface area contributed by atoms with Crippen LogP contribution < -0.4 is 5.32 Å². The highest BCUT2D eigenvalue weighted by Gasteiger charge is 2.16. The topological polar surface area (TPSA) is 85.1 Å². The summed E-state index contributed by atoms with van der Waals surface area (Å²) in [6, 6.07) is 3.07. The molecule has 0 fully saturated rings. The fraction of sp³-hybridized carbons (Fsp3) is 0.200. The molecular formula is C10H11N3O3. The zero-order valence-electron chi connectivity index (χ0n) is 8.55. The first-order valence-electron chi connectivity index (χ1n) is 4.60. The summed E-state index contributed by atoms with van der Waals surface area (Å²) < 4.78 is 0. The molecule has 0 bridgehead atoms. The average Bonchev–Trinajstić information content (AvgIpc) is 2.25. The molecule has 0 aliphatic heterocycles. The van der Waals surface area contributed by atoms with Gasteiger partial charge in [-0.15, -0.1) is 6.58 Å².